The van der Waals surface area contributed by atoms with Gasteiger partial charge >= 0.3 is 6.09 Å². The standard InChI is InChI=1S/C11H8BrNO4/c12-5-1-2-7-6(3-5)8(14)4-11(7)9(15)13-10(16)17-11/h1-3,8,14H,4H2,(H,13,15,16)/t8-,11+/m0/s1. The van der Waals surface area contributed by atoms with Crippen LogP contribution in [-0.2, 0) is 15.1 Å². The van der Waals surface area contributed by atoms with E-state index in [0.29, 0.717) is 11.1 Å². The van der Waals surface area contributed by atoms with Gasteiger partial charge in [-0.3, -0.25) is 10.1 Å². The highest BCUT2D eigenvalue weighted by Crippen LogP contribution is 2.48. The number of hydrogen-bond acceptors (Lipinski definition) is 4. The van der Waals surface area contributed by atoms with Gasteiger partial charge in [0.15, 0.2) is 0 Å². The molecule has 0 aromatic heterocycles. The fraction of sp³-hybridized carbons (Fsp3) is 0.273. The van der Waals surface area contributed by atoms with Gasteiger partial charge in [-0.2, -0.15) is 0 Å². The molecule has 0 bridgehead atoms. The first-order chi connectivity index (χ1) is 8.03. The van der Waals surface area contributed by atoms with Crippen LogP contribution < -0.4 is 5.32 Å². The molecule has 0 saturated carbocycles. The number of carbonyl (C=O) groups excluding carboxylic acids is 2. The van der Waals surface area contributed by atoms with E-state index >= 15 is 0 Å². The Balaban J connectivity index is 2.19. The molecule has 1 spiro atoms. The minimum absolute atomic E-state index is 0.0658. The van der Waals surface area contributed by atoms with Crippen molar-refractivity contribution in [1.29, 1.82) is 0 Å². The number of amides is 2. The SMILES string of the molecule is O=C1NC(=O)[C@]2(C[C@H](O)c3cc(Br)ccc32)O1. The number of ether oxygens (including phenoxy) is 1. The molecule has 1 aromatic carbocycles. The van der Waals surface area contributed by atoms with E-state index in [-0.39, 0.29) is 6.42 Å². The molecule has 2 N–H and O–H groups in total. The second kappa shape index (κ2) is 3.30. The van der Waals surface area contributed by atoms with Crippen LogP contribution in [0, 0.1) is 0 Å². The van der Waals surface area contributed by atoms with Crippen LogP contribution in [-0.4, -0.2) is 17.1 Å². The summed E-state index contributed by atoms with van der Waals surface area (Å²) in [7, 11) is 0. The maximum Gasteiger partial charge on any atom is 0.415 e. The molecular formula is C11H8BrNO4. The van der Waals surface area contributed by atoms with Crippen molar-refractivity contribution in [3.05, 3.63) is 33.8 Å². The van der Waals surface area contributed by atoms with E-state index in [9.17, 15) is 14.7 Å². The summed E-state index contributed by atoms with van der Waals surface area (Å²) in [5.41, 5.74) is -0.187. The molecule has 1 aliphatic carbocycles. The van der Waals surface area contributed by atoms with Gasteiger partial charge in [0.2, 0.25) is 5.60 Å². The van der Waals surface area contributed by atoms with E-state index in [2.05, 4.69) is 21.2 Å². The smallest absolute Gasteiger partial charge is 0.415 e. The van der Waals surface area contributed by atoms with E-state index in [1.54, 1.807) is 18.2 Å². The molecule has 0 radical (unpaired) electrons. The summed E-state index contributed by atoms with van der Waals surface area (Å²) in [4.78, 5) is 23.0. The predicted octanol–water partition coefficient (Wildman–Crippen LogP) is 1.35. The average molecular weight is 298 g/mol. The topological polar surface area (TPSA) is 75.6 Å². The lowest BCUT2D eigenvalue weighted by atomic mass is 9.95. The van der Waals surface area contributed by atoms with Crippen molar-refractivity contribution in [2.24, 2.45) is 0 Å². The van der Waals surface area contributed by atoms with Gasteiger partial charge in [0, 0.05) is 16.5 Å². The van der Waals surface area contributed by atoms with Crippen molar-refractivity contribution < 1.29 is 19.4 Å². The van der Waals surface area contributed by atoms with Gasteiger partial charge in [0.05, 0.1) is 6.10 Å². The molecule has 5 nitrogen and oxygen atoms in total. The minimum atomic E-state index is -1.35. The van der Waals surface area contributed by atoms with E-state index in [1.807, 2.05) is 0 Å². The van der Waals surface area contributed by atoms with Crippen LogP contribution in [0.2, 0.25) is 0 Å². The normalized spacial score (nSPS) is 30.4. The maximum absolute atomic E-state index is 11.8. The highest BCUT2D eigenvalue weighted by molar-refractivity contribution is 9.10. The lowest BCUT2D eigenvalue weighted by Crippen LogP contribution is -2.34. The summed E-state index contributed by atoms with van der Waals surface area (Å²) in [6.07, 6.45) is -1.51. The molecule has 1 saturated heterocycles. The fourth-order valence-corrected chi connectivity index (χ4v) is 2.78. The molecular weight excluding hydrogens is 290 g/mol. The van der Waals surface area contributed by atoms with Gasteiger partial charge in [0.1, 0.15) is 0 Å². The Morgan fingerprint density at radius 1 is 1.47 bits per heavy atom. The lowest BCUT2D eigenvalue weighted by molar-refractivity contribution is -0.133. The molecule has 1 aromatic rings. The Bertz CT molecular complexity index is 544. The third-order valence-electron chi connectivity index (χ3n) is 3.14. The van der Waals surface area contributed by atoms with Crippen LogP contribution in [0.5, 0.6) is 0 Å². The van der Waals surface area contributed by atoms with E-state index in [0.717, 1.165) is 4.47 Å². The van der Waals surface area contributed by atoms with Gasteiger partial charge in [-0.25, -0.2) is 4.79 Å². The molecule has 3 rings (SSSR count). The summed E-state index contributed by atoms with van der Waals surface area (Å²) in [5.74, 6) is -0.511. The number of aliphatic hydroxyl groups excluding tert-OH is 1. The predicted molar refractivity (Wildman–Crippen MR) is 60.0 cm³/mol. The number of halogens is 1. The average Bonchev–Trinajstić information content (AvgIpc) is 2.67. The molecule has 1 fully saturated rings. The summed E-state index contributed by atoms with van der Waals surface area (Å²) >= 11 is 3.30. The van der Waals surface area contributed by atoms with Gasteiger partial charge < -0.3 is 9.84 Å². The number of hydrogen-bond donors (Lipinski definition) is 2. The number of rotatable bonds is 0. The van der Waals surface area contributed by atoms with Gasteiger partial charge in [0.25, 0.3) is 5.91 Å². The third-order valence-corrected chi connectivity index (χ3v) is 3.63. The van der Waals surface area contributed by atoms with E-state index in [4.69, 9.17) is 4.74 Å². The second-order valence-corrected chi connectivity index (χ2v) is 5.04. The summed E-state index contributed by atoms with van der Waals surface area (Å²) < 4.78 is 5.89. The molecule has 6 heteroatoms. The van der Waals surface area contributed by atoms with Crippen molar-refractivity contribution in [2.75, 3.05) is 0 Å². The molecule has 1 heterocycles. The number of benzene rings is 1. The van der Waals surface area contributed by atoms with Crippen LogP contribution in [0.15, 0.2) is 22.7 Å². The van der Waals surface area contributed by atoms with E-state index < -0.39 is 23.7 Å². The van der Waals surface area contributed by atoms with Crippen LogP contribution in [0.4, 0.5) is 4.79 Å². The van der Waals surface area contributed by atoms with Crippen LogP contribution >= 0.6 is 15.9 Å². The number of aliphatic hydroxyl groups is 1. The van der Waals surface area contributed by atoms with Crippen LogP contribution in [0.3, 0.4) is 0 Å². The fourth-order valence-electron chi connectivity index (χ4n) is 2.40. The molecule has 88 valence electrons. The molecule has 2 aliphatic rings. The first-order valence-electron chi connectivity index (χ1n) is 5.05. The highest BCUT2D eigenvalue weighted by Gasteiger charge is 2.56. The zero-order valence-electron chi connectivity index (χ0n) is 8.57. The number of carbonyl (C=O) groups is 2. The number of imide groups is 1. The number of nitrogens with one attached hydrogen (secondary N) is 1. The molecule has 17 heavy (non-hydrogen) atoms. The van der Waals surface area contributed by atoms with Crippen molar-refractivity contribution >= 4 is 27.9 Å². The molecule has 0 unspecified atom stereocenters. The first kappa shape index (κ1) is 10.7. The summed E-state index contributed by atoms with van der Waals surface area (Å²) in [5, 5.41) is 12.0. The molecule has 1 aliphatic heterocycles. The van der Waals surface area contributed by atoms with Crippen molar-refractivity contribution in [2.45, 2.75) is 18.1 Å². The third kappa shape index (κ3) is 1.34. The van der Waals surface area contributed by atoms with Gasteiger partial charge in [-0.1, -0.05) is 22.0 Å². The van der Waals surface area contributed by atoms with Gasteiger partial charge in [-0.15, -0.1) is 0 Å². The highest BCUT2D eigenvalue weighted by atomic mass is 79.9. The van der Waals surface area contributed by atoms with Crippen LogP contribution in [0.1, 0.15) is 23.7 Å². The zero-order chi connectivity index (χ0) is 12.2. The van der Waals surface area contributed by atoms with Crippen LogP contribution in [0.25, 0.3) is 0 Å². The van der Waals surface area contributed by atoms with Crippen molar-refractivity contribution in [3.8, 4) is 0 Å². The summed E-state index contributed by atoms with van der Waals surface area (Å²) in [6, 6.07) is 5.17. The monoisotopic (exact) mass is 297 g/mol. The Labute approximate surface area is 105 Å². The Morgan fingerprint density at radius 3 is 2.88 bits per heavy atom. The molecule has 2 amide bonds. The minimum Gasteiger partial charge on any atom is -0.427 e. The van der Waals surface area contributed by atoms with Gasteiger partial charge in [-0.05, 0) is 17.7 Å². The number of fused-ring (bicyclic) bond motifs is 2. The lowest BCUT2D eigenvalue weighted by Gasteiger charge is -2.19. The number of alkyl carbamates (subject to hydrolysis) is 1. The zero-order valence-corrected chi connectivity index (χ0v) is 10.2. The van der Waals surface area contributed by atoms with Crippen molar-refractivity contribution in [3.63, 3.8) is 0 Å². The maximum atomic E-state index is 11.8. The van der Waals surface area contributed by atoms with E-state index in [1.165, 1.54) is 0 Å². The second-order valence-electron chi connectivity index (χ2n) is 4.12. The molecule has 2 atom stereocenters. The summed E-state index contributed by atoms with van der Waals surface area (Å²) in [6.45, 7) is 0. The first-order valence-corrected chi connectivity index (χ1v) is 5.85. The Hall–Kier alpha value is -1.40. The largest absolute Gasteiger partial charge is 0.427 e. The quantitative estimate of drug-likeness (QED) is 0.758. The Kier molecular flexibility index (Phi) is 2.08. The Morgan fingerprint density at radius 2 is 2.24 bits per heavy atom. The van der Waals surface area contributed by atoms with Crippen molar-refractivity contribution in [1.82, 2.24) is 5.32 Å².